The molecular formula is C16H22ClNO2S. The van der Waals surface area contributed by atoms with Crippen LogP contribution in [0.25, 0.3) is 0 Å². The Morgan fingerprint density at radius 2 is 2.10 bits per heavy atom. The summed E-state index contributed by atoms with van der Waals surface area (Å²) in [5.41, 5.74) is -0.725. The van der Waals surface area contributed by atoms with Gasteiger partial charge in [-0.3, -0.25) is 4.79 Å². The molecule has 21 heavy (non-hydrogen) atoms. The van der Waals surface area contributed by atoms with E-state index in [0.29, 0.717) is 23.2 Å². The van der Waals surface area contributed by atoms with Crippen molar-refractivity contribution in [1.82, 2.24) is 5.32 Å². The minimum atomic E-state index is -0.725. The Bertz CT molecular complexity index is 487. The van der Waals surface area contributed by atoms with Crippen LogP contribution in [0.2, 0.25) is 5.02 Å². The van der Waals surface area contributed by atoms with Crippen LogP contribution in [0.4, 0.5) is 0 Å². The molecule has 0 bridgehead atoms. The Labute approximate surface area is 135 Å². The van der Waals surface area contributed by atoms with Gasteiger partial charge in [-0.15, -0.1) is 11.8 Å². The second kappa shape index (κ2) is 7.52. The number of hydrogen-bond acceptors (Lipinski definition) is 3. The lowest BCUT2D eigenvalue weighted by molar-refractivity contribution is -0.120. The van der Waals surface area contributed by atoms with Gasteiger partial charge in [-0.2, -0.15) is 0 Å². The Hall–Kier alpha value is -0.710. The van der Waals surface area contributed by atoms with Crippen molar-refractivity contribution in [2.45, 2.75) is 43.1 Å². The van der Waals surface area contributed by atoms with E-state index in [9.17, 15) is 9.90 Å². The van der Waals surface area contributed by atoms with Gasteiger partial charge < -0.3 is 10.4 Å². The van der Waals surface area contributed by atoms with Crippen LogP contribution in [-0.2, 0) is 4.79 Å². The summed E-state index contributed by atoms with van der Waals surface area (Å²) in [5.74, 6) is 0.930. The summed E-state index contributed by atoms with van der Waals surface area (Å²) in [6, 6.07) is 7.48. The number of carbonyl (C=O) groups excluding carboxylic acids is 1. The average molecular weight is 328 g/mol. The highest BCUT2D eigenvalue weighted by atomic mass is 35.5. The molecule has 1 saturated carbocycles. The van der Waals surface area contributed by atoms with Crippen LogP contribution < -0.4 is 5.32 Å². The van der Waals surface area contributed by atoms with E-state index in [4.69, 9.17) is 11.6 Å². The maximum absolute atomic E-state index is 11.9. The van der Waals surface area contributed by atoms with Crippen LogP contribution in [0.15, 0.2) is 29.2 Å². The zero-order valence-electron chi connectivity index (χ0n) is 12.3. The van der Waals surface area contributed by atoms with Crippen LogP contribution in [-0.4, -0.2) is 28.9 Å². The zero-order chi connectivity index (χ0) is 15.3. The van der Waals surface area contributed by atoms with Crippen LogP contribution >= 0.6 is 23.4 Å². The molecule has 1 aliphatic carbocycles. The number of benzene rings is 1. The Morgan fingerprint density at radius 3 is 2.76 bits per heavy atom. The molecule has 1 fully saturated rings. The molecule has 1 aliphatic rings. The summed E-state index contributed by atoms with van der Waals surface area (Å²) in [5, 5.41) is 13.9. The standard InChI is InChI=1S/C16H22ClNO2S/c1-12-6-8-16(20,9-7-12)11-18-15(19)10-21-14-5-3-2-4-13(14)17/h2-5,12,20H,6-11H2,1H3,(H,18,19). The molecule has 0 saturated heterocycles. The van der Waals surface area contributed by atoms with Gasteiger partial charge in [-0.25, -0.2) is 0 Å². The molecule has 0 heterocycles. The van der Waals surface area contributed by atoms with Crippen molar-refractivity contribution in [1.29, 1.82) is 0 Å². The second-order valence-corrected chi connectivity index (χ2v) is 7.33. The predicted molar refractivity (Wildman–Crippen MR) is 87.8 cm³/mol. The van der Waals surface area contributed by atoms with Crippen molar-refractivity contribution >= 4 is 29.3 Å². The van der Waals surface area contributed by atoms with Crippen molar-refractivity contribution in [2.75, 3.05) is 12.3 Å². The second-order valence-electron chi connectivity index (χ2n) is 5.90. The molecule has 3 nitrogen and oxygen atoms in total. The van der Waals surface area contributed by atoms with E-state index in [1.807, 2.05) is 24.3 Å². The summed E-state index contributed by atoms with van der Waals surface area (Å²) in [7, 11) is 0. The molecule has 2 rings (SSSR count). The Kier molecular flexibility index (Phi) is 5.97. The van der Waals surface area contributed by atoms with Crippen molar-refractivity contribution in [3.63, 3.8) is 0 Å². The molecular weight excluding hydrogens is 306 g/mol. The van der Waals surface area contributed by atoms with Gasteiger partial charge in [-0.05, 0) is 43.7 Å². The first-order valence-electron chi connectivity index (χ1n) is 7.35. The van der Waals surface area contributed by atoms with E-state index < -0.39 is 5.60 Å². The Balaban J connectivity index is 1.74. The van der Waals surface area contributed by atoms with Crippen LogP contribution in [0.5, 0.6) is 0 Å². The minimum absolute atomic E-state index is 0.0630. The third-order valence-electron chi connectivity index (χ3n) is 4.02. The third kappa shape index (κ3) is 5.20. The number of carbonyl (C=O) groups is 1. The molecule has 5 heteroatoms. The normalized spacial score (nSPS) is 25.6. The topological polar surface area (TPSA) is 49.3 Å². The smallest absolute Gasteiger partial charge is 0.230 e. The van der Waals surface area contributed by atoms with Gasteiger partial charge in [0.05, 0.1) is 16.4 Å². The maximum atomic E-state index is 11.9. The number of nitrogens with one attached hydrogen (secondary N) is 1. The first-order valence-corrected chi connectivity index (χ1v) is 8.71. The molecule has 0 aliphatic heterocycles. The van der Waals surface area contributed by atoms with Gasteiger partial charge in [0, 0.05) is 11.4 Å². The van der Waals surface area contributed by atoms with Gasteiger partial charge in [0.1, 0.15) is 0 Å². The minimum Gasteiger partial charge on any atom is -0.388 e. The molecule has 0 atom stereocenters. The molecule has 1 aromatic carbocycles. The third-order valence-corrected chi connectivity index (χ3v) is 5.53. The highest BCUT2D eigenvalue weighted by Crippen LogP contribution is 2.31. The van der Waals surface area contributed by atoms with E-state index in [2.05, 4.69) is 12.2 Å². The van der Waals surface area contributed by atoms with Crippen molar-refractivity contribution in [3.8, 4) is 0 Å². The summed E-state index contributed by atoms with van der Waals surface area (Å²) in [4.78, 5) is 12.8. The fourth-order valence-corrected chi connectivity index (χ4v) is 3.56. The first-order chi connectivity index (χ1) is 9.98. The fourth-order valence-electron chi connectivity index (χ4n) is 2.50. The van der Waals surface area contributed by atoms with E-state index in [0.717, 1.165) is 30.6 Å². The quantitative estimate of drug-likeness (QED) is 0.814. The SMILES string of the molecule is CC1CCC(O)(CNC(=O)CSc2ccccc2Cl)CC1. The van der Waals surface area contributed by atoms with Gasteiger partial charge in [-0.1, -0.05) is 30.7 Å². The first kappa shape index (κ1) is 16.7. The van der Waals surface area contributed by atoms with Crippen molar-refractivity contribution in [2.24, 2.45) is 5.92 Å². The number of rotatable bonds is 5. The van der Waals surface area contributed by atoms with Crippen LogP contribution in [0.1, 0.15) is 32.6 Å². The molecule has 1 aromatic rings. The highest BCUT2D eigenvalue weighted by molar-refractivity contribution is 8.00. The van der Waals surface area contributed by atoms with E-state index in [-0.39, 0.29) is 5.91 Å². The molecule has 0 radical (unpaired) electrons. The lowest BCUT2D eigenvalue weighted by Crippen LogP contribution is -2.45. The van der Waals surface area contributed by atoms with Crippen LogP contribution in [0, 0.1) is 5.92 Å². The summed E-state index contributed by atoms with van der Waals surface area (Å²) in [6.45, 7) is 2.56. The van der Waals surface area contributed by atoms with E-state index in [1.165, 1.54) is 11.8 Å². The highest BCUT2D eigenvalue weighted by Gasteiger charge is 2.31. The van der Waals surface area contributed by atoms with Crippen molar-refractivity contribution in [3.05, 3.63) is 29.3 Å². The lowest BCUT2D eigenvalue weighted by atomic mass is 9.79. The van der Waals surface area contributed by atoms with Crippen LogP contribution in [0.3, 0.4) is 0 Å². The van der Waals surface area contributed by atoms with Gasteiger partial charge in [0.25, 0.3) is 0 Å². The van der Waals surface area contributed by atoms with Gasteiger partial charge >= 0.3 is 0 Å². The zero-order valence-corrected chi connectivity index (χ0v) is 13.8. The van der Waals surface area contributed by atoms with Gasteiger partial charge in [0.15, 0.2) is 0 Å². The monoisotopic (exact) mass is 327 g/mol. The molecule has 2 N–H and O–H groups in total. The Morgan fingerprint density at radius 1 is 1.43 bits per heavy atom. The predicted octanol–water partition coefficient (Wildman–Crippen LogP) is 3.49. The van der Waals surface area contributed by atoms with E-state index in [1.54, 1.807) is 0 Å². The summed E-state index contributed by atoms with van der Waals surface area (Å²) >= 11 is 7.47. The van der Waals surface area contributed by atoms with Gasteiger partial charge in [0.2, 0.25) is 5.91 Å². The molecule has 116 valence electrons. The molecule has 0 unspecified atom stereocenters. The summed E-state index contributed by atoms with van der Waals surface area (Å²) < 4.78 is 0. The number of amides is 1. The number of thioether (sulfide) groups is 1. The average Bonchev–Trinajstić information content (AvgIpc) is 2.48. The molecule has 1 amide bonds. The number of aliphatic hydroxyl groups is 1. The molecule has 0 aromatic heterocycles. The lowest BCUT2D eigenvalue weighted by Gasteiger charge is -2.34. The maximum Gasteiger partial charge on any atom is 0.230 e. The molecule has 0 spiro atoms. The largest absolute Gasteiger partial charge is 0.388 e. The van der Waals surface area contributed by atoms with E-state index >= 15 is 0 Å². The summed E-state index contributed by atoms with van der Waals surface area (Å²) in [6.07, 6.45) is 3.60. The van der Waals surface area contributed by atoms with Crippen molar-refractivity contribution < 1.29 is 9.90 Å². The number of hydrogen-bond donors (Lipinski definition) is 2. The fraction of sp³-hybridized carbons (Fsp3) is 0.562. The number of halogens is 1.